The number of unbranched alkanes of at least 4 members (excludes halogenated alkanes) is 2. The number of amides is 17. The van der Waals surface area contributed by atoms with Crippen LogP contribution in [0, 0.1) is 34.0 Å². The van der Waals surface area contributed by atoms with Crippen molar-refractivity contribution >= 4 is 136 Å². The number of hydrogen-bond donors (Lipinski definition) is 33. The molecule has 0 aliphatic rings. The molecular formula is C97H161N31O20S. The van der Waals surface area contributed by atoms with Gasteiger partial charge in [-0.05, 0) is 169 Å². The van der Waals surface area contributed by atoms with Gasteiger partial charge in [-0.2, -0.15) is 11.8 Å². The highest BCUT2D eigenvalue weighted by Gasteiger charge is 2.41. The van der Waals surface area contributed by atoms with Gasteiger partial charge < -0.3 is 163 Å². The Morgan fingerprint density at radius 3 is 0.886 bits per heavy atom. The molecule has 0 fully saturated rings. The van der Waals surface area contributed by atoms with E-state index in [1.807, 2.05) is 0 Å². The monoisotopic (exact) mass is 2110 g/mol. The van der Waals surface area contributed by atoms with E-state index in [4.69, 9.17) is 67.8 Å². The van der Waals surface area contributed by atoms with Crippen molar-refractivity contribution in [3.05, 3.63) is 108 Å². The van der Waals surface area contributed by atoms with E-state index < -0.39 is 259 Å². The van der Waals surface area contributed by atoms with Crippen molar-refractivity contribution in [3.8, 4) is 0 Å². The summed E-state index contributed by atoms with van der Waals surface area (Å²) in [6, 6.07) is -0.659. The summed E-state index contributed by atoms with van der Waals surface area (Å²) in [7, 11) is 0. The number of benzene rings is 3. The number of thioether (sulfide) groups is 1. The summed E-state index contributed by atoms with van der Waals surface area (Å²) in [6.45, 7) is 9.81. The van der Waals surface area contributed by atoms with E-state index >= 15 is 24.0 Å². The van der Waals surface area contributed by atoms with Gasteiger partial charge in [0.1, 0.15) is 96.7 Å². The molecule has 0 heterocycles. The number of aliphatic hydroxyl groups is 1. The summed E-state index contributed by atoms with van der Waals surface area (Å²) < 4.78 is 0. The molecule has 3 aromatic carbocycles. The van der Waals surface area contributed by atoms with Crippen LogP contribution >= 0.6 is 11.8 Å². The zero-order chi connectivity index (χ0) is 111. The van der Waals surface area contributed by atoms with Crippen molar-refractivity contribution < 1.29 is 96.5 Å². The van der Waals surface area contributed by atoms with Gasteiger partial charge in [0.15, 0.2) is 17.9 Å². The molecule has 3 rings (SSSR count). The van der Waals surface area contributed by atoms with E-state index in [-0.39, 0.29) is 147 Å². The molecule has 0 bridgehead atoms. The Labute approximate surface area is 873 Å². The quantitative estimate of drug-likeness (QED) is 0.0142. The lowest BCUT2D eigenvalue weighted by molar-refractivity contribution is -0.142. The predicted molar refractivity (Wildman–Crippen MR) is 561 cm³/mol. The molecule has 51 nitrogen and oxygen atoms in total. The van der Waals surface area contributed by atoms with E-state index in [1.165, 1.54) is 18.7 Å². The first-order chi connectivity index (χ1) is 70.7. The number of guanidine groups is 3. The number of nitrogens with two attached hydrogens (primary N) is 9. The van der Waals surface area contributed by atoms with Crippen molar-refractivity contribution in [2.24, 2.45) is 69.4 Å². The Kier molecular flexibility index (Phi) is 61.4. The first-order valence-electron chi connectivity index (χ1n) is 50.1. The first kappa shape index (κ1) is 129. The molecule has 18 atom stereocenters. The van der Waals surface area contributed by atoms with Crippen LogP contribution in [0.15, 0.2) is 91.0 Å². The molecule has 3 aromatic rings. The predicted octanol–water partition coefficient (Wildman–Crippen LogP) is -6.98. The second-order valence-electron chi connectivity index (χ2n) is 37.2. The van der Waals surface area contributed by atoms with Crippen LogP contribution < -0.4 is 153 Å². The van der Waals surface area contributed by atoms with Crippen molar-refractivity contribution in [3.63, 3.8) is 0 Å². The van der Waals surface area contributed by atoms with E-state index in [1.54, 1.807) is 139 Å². The Hall–Kier alpha value is -14.0. The van der Waals surface area contributed by atoms with Crippen LogP contribution in [0.1, 0.15) is 181 Å². The number of carboxylic acids is 1. The lowest BCUT2D eigenvalue weighted by atomic mass is 9.95. The van der Waals surface area contributed by atoms with E-state index in [0.717, 1.165) is 0 Å². The maximum Gasteiger partial charge on any atom is 0.326 e. The molecule has 52 heteroatoms. The summed E-state index contributed by atoms with van der Waals surface area (Å²) in [6.07, 6.45) is 1.45. The third-order valence-electron chi connectivity index (χ3n) is 23.7. The lowest BCUT2D eigenvalue weighted by Gasteiger charge is -2.30. The highest BCUT2D eigenvalue weighted by atomic mass is 32.2. The maximum atomic E-state index is 15.2. The summed E-state index contributed by atoms with van der Waals surface area (Å²) in [5, 5.41) is 93.3. The van der Waals surface area contributed by atoms with Gasteiger partial charge in [0.2, 0.25) is 100 Å². The number of rotatable bonds is 74. The molecule has 0 spiro atoms. The summed E-state index contributed by atoms with van der Waals surface area (Å²) in [4.78, 5) is 257. The normalized spacial score (nSPS) is 14.7. The van der Waals surface area contributed by atoms with Gasteiger partial charge >= 0.3 is 5.97 Å². The fraction of sp³-hybridized carbons (Fsp3) is 0.598. The third kappa shape index (κ3) is 51.0. The van der Waals surface area contributed by atoms with E-state index in [0.29, 0.717) is 48.1 Å². The van der Waals surface area contributed by atoms with E-state index in [9.17, 15) is 72.5 Å². The van der Waals surface area contributed by atoms with Crippen molar-refractivity contribution in [1.29, 1.82) is 16.2 Å². The molecule has 0 radical (unpaired) electrons. The summed E-state index contributed by atoms with van der Waals surface area (Å²) in [5.41, 5.74) is 53.3. The smallest absolute Gasteiger partial charge is 0.326 e. The largest absolute Gasteiger partial charge is 0.480 e. The van der Waals surface area contributed by atoms with Crippen LogP contribution in [0.2, 0.25) is 0 Å². The minimum atomic E-state index is -1.83. The van der Waals surface area contributed by atoms with Gasteiger partial charge in [-0.3, -0.25) is 97.7 Å². The first-order valence-corrected chi connectivity index (χ1v) is 51.5. The summed E-state index contributed by atoms with van der Waals surface area (Å²) in [5.74, 6) is -19.7. The Morgan fingerprint density at radius 2 is 0.584 bits per heavy atom. The molecule has 0 aromatic heterocycles. The number of nitrogens with one attached hydrogen (secondary N) is 22. The van der Waals surface area contributed by atoms with Crippen molar-refractivity contribution in [2.75, 3.05) is 64.4 Å². The zero-order valence-corrected chi connectivity index (χ0v) is 87.1. The number of carbonyl (C=O) groups is 18. The van der Waals surface area contributed by atoms with Crippen LogP contribution in [-0.2, 0) is 106 Å². The number of primary amides is 1. The molecule has 149 heavy (non-hydrogen) atoms. The van der Waals surface area contributed by atoms with Crippen LogP contribution in [0.4, 0.5) is 0 Å². The molecule has 42 N–H and O–H groups in total. The second kappa shape index (κ2) is 70.8. The number of hydrogen-bond acceptors (Lipinski definition) is 28. The van der Waals surface area contributed by atoms with E-state index in [2.05, 4.69) is 101 Å². The van der Waals surface area contributed by atoms with Crippen LogP contribution in [-0.4, -0.2) is 302 Å². The average molecular weight is 2110 g/mol. The average Bonchev–Trinajstić information content (AvgIpc) is 0.848. The van der Waals surface area contributed by atoms with Crippen LogP contribution in [0.3, 0.4) is 0 Å². The Bertz CT molecular complexity index is 4810. The molecule has 0 aliphatic heterocycles. The molecule has 0 saturated heterocycles. The fourth-order valence-electron chi connectivity index (χ4n) is 15.3. The molecular weight excluding hydrogens is 1950 g/mol. The number of aliphatic carboxylic acids is 1. The topological polar surface area (TPSA) is 882 Å². The maximum absolute atomic E-state index is 15.2. The fourth-order valence-corrected chi connectivity index (χ4v) is 15.7. The molecule has 0 aliphatic carbocycles. The van der Waals surface area contributed by atoms with Gasteiger partial charge in [-0.25, -0.2) is 4.79 Å². The number of aliphatic hydroxyl groups excluding tert-OH is 1. The number of carboxylic acid groups (broad SMARTS) is 1. The third-order valence-corrected chi connectivity index (χ3v) is 24.4. The Morgan fingerprint density at radius 1 is 0.322 bits per heavy atom. The minimum absolute atomic E-state index is 0.0000787. The van der Waals surface area contributed by atoms with Gasteiger partial charge in [0.25, 0.3) is 0 Å². The minimum Gasteiger partial charge on any atom is -0.480 e. The molecule has 830 valence electrons. The van der Waals surface area contributed by atoms with Crippen molar-refractivity contribution in [2.45, 2.75) is 286 Å². The standard InChI is InChI=1S/C97H161N31O20S/c1-9-56(6)77(93(146)124-69(47-55(4)5)85(138)118-65(37-38-76(103)130)83(136)115-62(34-23-42-110-95(104)105)79(132)114-61(32-19-21-40-98)80(133)119-67(94(147)148)33-20-22-41-99)128-89(142)72(50-60-30-17-12-18-31-60)123-90(143)73(51-100)125-82(135)64(36-25-44-112-97(108)109)117-87(140)70(48-58-26-13-10-14-27-58)121-88(141)71(49-59-28-15-11-16-29-59)122-91(144)74(52-101)126-92(145)75(53-129)127-86(139)68(46-54(2)3)120-81(134)63(35-24-43-111-96(106)107)116-84(137)66(39-45-149-8)113-78(131)57(7)102/h10-18,26-31,54-57,61-75,77,129H,9,19-25,32-53,98-102H2,1-8H3,(H2,103,130)(H,113,131)(H,114,132)(H,115,136)(H,116,137)(H,117,140)(H,118,138)(H,119,133)(H,120,134)(H,121,141)(H,122,144)(H,123,143)(H,124,146)(H,125,135)(H,126,145)(H,127,139)(H,128,142)(H,147,148)(H4,104,105,110)(H4,106,107,111)(H4,108,109,112)/t56-,57-,61-,62-,63-,64-,65-,66-,67-,68-,69-,70-,71-,72-,73-,74-,75-,77-/m0/s1. The highest BCUT2D eigenvalue weighted by Crippen LogP contribution is 2.19. The second-order valence-corrected chi connectivity index (χ2v) is 38.2. The summed E-state index contributed by atoms with van der Waals surface area (Å²) >= 11 is 1.39. The van der Waals surface area contributed by atoms with Gasteiger partial charge in [0, 0.05) is 58.4 Å². The highest BCUT2D eigenvalue weighted by molar-refractivity contribution is 7.98. The SMILES string of the molecule is CC[C@H](C)[C@H](NC(=O)[C@H](Cc1ccccc1)NC(=O)[C@H](CN)NC(=O)[C@H](CCCNC(=N)N)NC(=O)[C@H](Cc1ccccc1)NC(=O)[C@H](Cc1ccccc1)NC(=O)[C@H](CN)NC(=O)[C@H](CO)NC(=O)[C@H](CC(C)C)NC(=O)[C@H](CCCNC(=N)N)NC(=O)[C@H](CCSC)NC(=O)[C@H](C)N)C(=O)N[C@@H](CC(C)C)C(=O)N[C@@H](CCC(N)=O)C(=O)N[C@@H](CCCNC(=N)N)C(=O)N[C@@H](CCCCN)C(=O)N[C@@H](CCCCN)C(=O)O. The van der Waals surface area contributed by atoms with Crippen LogP contribution in [0.5, 0.6) is 0 Å². The molecule has 0 unspecified atom stereocenters. The zero-order valence-electron chi connectivity index (χ0n) is 86.3. The van der Waals surface area contributed by atoms with Crippen molar-refractivity contribution in [1.82, 2.24) is 101 Å². The number of carbonyl (C=O) groups excluding carboxylic acids is 17. The van der Waals surface area contributed by atoms with Crippen LogP contribution in [0.25, 0.3) is 0 Å². The molecule has 17 amide bonds. The lowest BCUT2D eigenvalue weighted by Crippen LogP contribution is -2.63. The van der Waals surface area contributed by atoms with Gasteiger partial charge in [0.05, 0.1) is 12.6 Å². The molecule has 0 saturated carbocycles. The Balaban J connectivity index is 2.06. The van der Waals surface area contributed by atoms with Gasteiger partial charge in [-0.15, -0.1) is 0 Å². The van der Waals surface area contributed by atoms with Gasteiger partial charge in [-0.1, -0.05) is 139 Å².